The van der Waals surface area contributed by atoms with Crippen LogP contribution in [-0.4, -0.2) is 54.1 Å². The van der Waals surface area contributed by atoms with Gasteiger partial charge in [-0.3, -0.25) is 14.5 Å². The highest BCUT2D eigenvalue weighted by molar-refractivity contribution is 8.15. The van der Waals surface area contributed by atoms with Crippen LogP contribution < -0.4 is 14.8 Å². The molecule has 0 spiro atoms. The number of esters is 1. The number of carbonyl (C=O) groups is 3. The van der Waals surface area contributed by atoms with Gasteiger partial charge in [0.1, 0.15) is 5.25 Å². The van der Waals surface area contributed by atoms with Crippen LogP contribution in [0.4, 0.5) is 11.4 Å². The zero-order valence-corrected chi connectivity index (χ0v) is 17.6. The molecule has 10 heteroatoms. The van der Waals surface area contributed by atoms with Gasteiger partial charge < -0.3 is 19.5 Å². The van der Waals surface area contributed by atoms with Crippen LogP contribution in [0.25, 0.3) is 0 Å². The number of rotatable bonds is 4. The van der Waals surface area contributed by atoms with Gasteiger partial charge in [0.05, 0.1) is 18.4 Å². The first-order valence-electron chi connectivity index (χ1n) is 9.35. The highest BCUT2D eigenvalue weighted by Gasteiger charge is 2.34. The van der Waals surface area contributed by atoms with E-state index in [1.54, 1.807) is 49.5 Å². The van der Waals surface area contributed by atoms with Crippen LogP contribution >= 0.6 is 11.8 Å². The molecule has 0 radical (unpaired) electrons. The monoisotopic (exact) mass is 441 g/mol. The Balaban J connectivity index is 1.48. The van der Waals surface area contributed by atoms with Crippen LogP contribution in [0.5, 0.6) is 11.5 Å². The maximum absolute atomic E-state index is 12.8. The minimum atomic E-state index is -0.642. The molecular weight excluding hydrogens is 422 g/mol. The second kappa shape index (κ2) is 8.68. The molecule has 0 bridgehead atoms. The van der Waals surface area contributed by atoms with Crippen molar-refractivity contribution in [2.24, 2.45) is 4.99 Å². The first-order chi connectivity index (χ1) is 14.9. The van der Waals surface area contributed by atoms with Crippen molar-refractivity contribution in [2.45, 2.75) is 11.7 Å². The topological polar surface area (TPSA) is 107 Å². The van der Waals surface area contributed by atoms with Crippen molar-refractivity contribution in [1.29, 1.82) is 0 Å². The fraction of sp³-hybridized carbons (Fsp3) is 0.238. The average molecular weight is 441 g/mol. The number of fused-ring (bicyclic) bond motifs is 1. The van der Waals surface area contributed by atoms with Gasteiger partial charge in [-0.1, -0.05) is 11.8 Å². The lowest BCUT2D eigenvalue weighted by molar-refractivity contribution is -0.128. The summed E-state index contributed by atoms with van der Waals surface area (Å²) in [7, 11) is 2.93. The number of carbonyl (C=O) groups excluding carboxylic acids is 3. The largest absolute Gasteiger partial charge is 0.465 e. The SMILES string of the molecule is COC(=O)c1ccc(NC(=O)[C@H]2CC(=O)N(C)C(=Nc3ccc4c(c3)OCO4)S2)cc1. The minimum absolute atomic E-state index is 0.0490. The summed E-state index contributed by atoms with van der Waals surface area (Å²) >= 11 is 1.21. The second-order valence-electron chi connectivity index (χ2n) is 6.75. The average Bonchev–Trinajstić information content (AvgIpc) is 3.24. The molecule has 4 rings (SSSR count). The molecule has 31 heavy (non-hydrogen) atoms. The quantitative estimate of drug-likeness (QED) is 0.727. The fourth-order valence-corrected chi connectivity index (χ4v) is 4.06. The van der Waals surface area contributed by atoms with Crippen molar-refractivity contribution in [3.05, 3.63) is 48.0 Å². The molecule has 2 aliphatic heterocycles. The number of anilines is 1. The van der Waals surface area contributed by atoms with Crippen molar-refractivity contribution >= 4 is 46.1 Å². The van der Waals surface area contributed by atoms with Gasteiger partial charge >= 0.3 is 5.97 Å². The van der Waals surface area contributed by atoms with Crippen molar-refractivity contribution in [2.75, 3.05) is 26.3 Å². The van der Waals surface area contributed by atoms with E-state index in [0.29, 0.717) is 33.6 Å². The summed E-state index contributed by atoms with van der Waals surface area (Å²) < 4.78 is 15.3. The van der Waals surface area contributed by atoms with E-state index in [0.717, 1.165) is 0 Å². The van der Waals surface area contributed by atoms with E-state index in [9.17, 15) is 14.4 Å². The van der Waals surface area contributed by atoms with E-state index in [4.69, 9.17) is 9.47 Å². The molecular formula is C21H19N3O6S. The van der Waals surface area contributed by atoms with Gasteiger partial charge in [-0.15, -0.1) is 0 Å². The highest BCUT2D eigenvalue weighted by atomic mass is 32.2. The van der Waals surface area contributed by atoms with E-state index in [2.05, 4.69) is 15.0 Å². The fourth-order valence-electron chi connectivity index (χ4n) is 2.99. The van der Waals surface area contributed by atoms with Crippen LogP contribution in [-0.2, 0) is 14.3 Å². The Morgan fingerprint density at radius 3 is 2.65 bits per heavy atom. The summed E-state index contributed by atoms with van der Waals surface area (Å²) in [5.41, 5.74) is 1.48. The predicted molar refractivity (Wildman–Crippen MR) is 115 cm³/mol. The molecule has 2 aromatic carbocycles. The smallest absolute Gasteiger partial charge is 0.337 e. The number of benzene rings is 2. The van der Waals surface area contributed by atoms with Crippen LogP contribution in [0.15, 0.2) is 47.5 Å². The molecule has 1 N–H and O–H groups in total. The lowest BCUT2D eigenvalue weighted by Gasteiger charge is -2.28. The Bertz CT molecular complexity index is 1070. The maximum Gasteiger partial charge on any atom is 0.337 e. The normalized spacial score (nSPS) is 18.8. The summed E-state index contributed by atoms with van der Waals surface area (Å²) in [6.07, 6.45) is 0.0490. The Kier molecular flexibility index (Phi) is 5.81. The third-order valence-corrected chi connectivity index (χ3v) is 5.96. The van der Waals surface area contributed by atoms with Gasteiger partial charge in [0, 0.05) is 25.2 Å². The minimum Gasteiger partial charge on any atom is -0.465 e. The third-order valence-electron chi connectivity index (χ3n) is 4.72. The summed E-state index contributed by atoms with van der Waals surface area (Å²) in [6, 6.07) is 11.5. The van der Waals surface area contributed by atoms with Gasteiger partial charge in [0.25, 0.3) is 0 Å². The molecule has 9 nitrogen and oxygen atoms in total. The molecule has 1 fully saturated rings. The third kappa shape index (κ3) is 4.48. The summed E-state index contributed by atoms with van der Waals surface area (Å²) in [5.74, 6) is 0.232. The molecule has 2 aliphatic rings. The molecule has 1 atom stereocenters. The maximum atomic E-state index is 12.8. The Hall–Kier alpha value is -3.53. The molecule has 0 saturated carbocycles. The van der Waals surface area contributed by atoms with Crippen molar-refractivity contribution in [3.8, 4) is 11.5 Å². The number of nitrogens with one attached hydrogen (secondary N) is 1. The van der Waals surface area contributed by atoms with Crippen LogP contribution in [0.1, 0.15) is 16.8 Å². The number of methoxy groups -OCH3 is 1. The molecule has 160 valence electrons. The molecule has 2 heterocycles. The van der Waals surface area contributed by atoms with E-state index in [1.165, 1.54) is 23.8 Å². The van der Waals surface area contributed by atoms with E-state index < -0.39 is 11.2 Å². The molecule has 0 unspecified atom stereocenters. The molecule has 2 amide bonds. The first kappa shape index (κ1) is 20.7. The molecule has 0 aromatic heterocycles. The number of hydrogen-bond donors (Lipinski definition) is 1. The second-order valence-corrected chi connectivity index (χ2v) is 7.92. The van der Waals surface area contributed by atoms with Crippen molar-refractivity contribution in [3.63, 3.8) is 0 Å². The summed E-state index contributed by atoms with van der Waals surface area (Å²) in [4.78, 5) is 42.7. The van der Waals surface area contributed by atoms with Crippen LogP contribution in [0.3, 0.4) is 0 Å². The zero-order valence-electron chi connectivity index (χ0n) is 16.8. The van der Waals surface area contributed by atoms with Crippen LogP contribution in [0, 0.1) is 0 Å². The van der Waals surface area contributed by atoms with Crippen molar-refractivity contribution < 1.29 is 28.6 Å². The standard InChI is InChI=1S/C21H19N3O6S/c1-24-18(25)10-17(19(26)22-13-5-3-12(4-6-13)20(27)28-2)31-21(24)23-14-7-8-15-16(9-14)30-11-29-15/h3-9,17H,10-11H2,1-2H3,(H,22,26)/t17-/m1/s1. The van der Waals surface area contributed by atoms with Gasteiger partial charge in [0.15, 0.2) is 16.7 Å². The summed E-state index contributed by atoms with van der Waals surface area (Å²) in [6.45, 7) is 0.158. The van der Waals surface area contributed by atoms with E-state index in [-0.39, 0.29) is 25.0 Å². The Morgan fingerprint density at radius 1 is 1.16 bits per heavy atom. The van der Waals surface area contributed by atoms with Crippen LogP contribution in [0.2, 0.25) is 0 Å². The van der Waals surface area contributed by atoms with Crippen molar-refractivity contribution in [1.82, 2.24) is 4.90 Å². The molecule has 1 saturated heterocycles. The molecule has 0 aliphatic carbocycles. The summed E-state index contributed by atoms with van der Waals surface area (Å²) in [5, 5.41) is 2.55. The Morgan fingerprint density at radius 2 is 1.90 bits per heavy atom. The number of ether oxygens (including phenoxy) is 3. The first-order valence-corrected chi connectivity index (χ1v) is 10.2. The Labute approximate surface area is 182 Å². The highest BCUT2D eigenvalue weighted by Crippen LogP contribution is 2.36. The zero-order chi connectivity index (χ0) is 22.0. The van der Waals surface area contributed by atoms with Gasteiger partial charge in [-0.25, -0.2) is 9.79 Å². The lowest BCUT2D eigenvalue weighted by Crippen LogP contribution is -2.43. The number of nitrogens with zero attached hydrogens (tertiary/aromatic N) is 2. The number of amides is 2. The van der Waals surface area contributed by atoms with Gasteiger partial charge in [-0.2, -0.15) is 0 Å². The number of thioether (sulfide) groups is 1. The van der Waals surface area contributed by atoms with Gasteiger partial charge in [0.2, 0.25) is 18.6 Å². The van der Waals surface area contributed by atoms with Gasteiger partial charge in [-0.05, 0) is 36.4 Å². The number of amidine groups is 1. The number of aliphatic imine (C=N–C) groups is 1. The predicted octanol–water partition coefficient (Wildman–Crippen LogP) is 2.79. The van der Waals surface area contributed by atoms with E-state index >= 15 is 0 Å². The molecule has 2 aromatic rings. The van der Waals surface area contributed by atoms with E-state index in [1.807, 2.05) is 0 Å². The number of hydrogen-bond acceptors (Lipinski definition) is 8. The lowest BCUT2D eigenvalue weighted by atomic mass is 10.2.